The number of hydrogen-bond donors (Lipinski definition) is 3. The maximum absolute atomic E-state index is 12.3. The second-order valence-electron chi connectivity index (χ2n) is 6.66. The monoisotopic (exact) mass is 398 g/mol. The van der Waals surface area contributed by atoms with Crippen LogP contribution in [-0.4, -0.2) is 35.5 Å². The number of nitrogens with one attached hydrogen (secondary N) is 1. The second-order valence-corrected chi connectivity index (χ2v) is 6.66. The van der Waals surface area contributed by atoms with Crippen molar-refractivity contribution in [3.8, 4) is 16.9 Å². The minimum atomic E-state index is -1.06. The molecule has 0 radical (unpaired) electrons. The molecule has 0 heterocycles. The Labute approximate surface area is 169 Å². The lowest BCUT2D eigenvalue weighted by Crippen LogP contribution is -2.44. The number of carboxylic acid groups (broad SMARTS) is 1. The summed E-state index contributed by atoms with van der Waals surface area (Å²) in [5.74, 6) is -1.49. The Morgan fingerprint density at radius 2 is 1.62 bits per heavy atom. The van der Waals surface area contributed by atoms with Gasteiger partial charge in [-0.1, -0.05) is 37.6 Å². The van der Waals surface area contributed by atoms with E-state index < -0.39 is 23.8 Å². The zero-order valence-corrected chi connectivity index (χ0v) is 16.4. The third-order valence-electron chi connectivity index (χ3n) is 4.40. The maximum Gasteiger partial charge on any atom is 0.303 e. The molecule has 2 rings (SSSR count). The lowest BCUT2D eigenvalue weighted by atomic mass is 10.0. The maximum atomic E-state index is 12.3. The number of nitrogens with two attached hydrogens (primary N) is 1. The minimum Gasteiger partial charge on any atom is -0.494 e. The number of unbranched alkanes of at least 4 members (excludes halogenated alkanes) is 1. The highest BCUT2D eigenvalue weighted by molar-refractivity contribution is 5.97. The summed E-state index contributed by atoms with van der Waals surface area (Å²) in [6, 6.07) is 13.6. The molecule has 0 saturated carbocycles. The van der Waals surface area contributed by atoms with Gasteiger partial charge in [-0.2, -0.15) is 0 Å². The molecule has 0 bridgehead atoms. The number of amides is 2. The summed E-state index contributed by atoms with van der Waals surface area (Å²) in [6.07, 6.45) is 1.78. The Bertz CT molecular complexity index is 831. The van der Waals surface area contributed by atoms with Gasteiger partial charge in [0.1, 0.15) is 11.8 Å². The zero-order chi connectivity index (χ0) is 21.2. The predicted molar refractivity (Wildman–Crippen MR) is 110 cm³/mol. The number of rotatable bonds is 11. The number of carbonyl (C=O) groups excluding carboxylic acids is 2. The fourth-order valence-corrected chi connectivity index (χ4v) is 2.69. The van der Waals surface area contributed by atoms with Gasteiger partial charge in [0.25, 0.3) is 5.91 Å². The molecule has 0 saturated heterocycles. The molecule has 0 aliphatic carbocycles. The summed E-state index contributed by atoms with van der Waals surface area (Å²) < 4.78 is 5.65. The first kappa shape index (κ1) is 21.9. The lowest BCUT2D eigenvalue weighted by molar-refractivity contribution is -0.137. The summed E-state index contributed by atoms with van der Waals surface area (Å²) in [5, 5.41) is 11.2. The molecule has 0 aliphatic rings. The Morgan fingerprint density at radius 1 is 1.03 bits per heavy atom. The molecule has 2 aromatic carbocycles. The highest BCUT2D eigenvalue weighted by Gasteiger charge is 2.20. The van der Waals surface area contributed by atoms with Gasteiger partial charge in [-0.25, -0.2) is 0 Å². The smallest absolute Gasteiger partial charge is 0.303 e. The molecule has 2 aromatic rings. The molecule has 0 aromatic heterocycles. The third-order valence-corrected chi connectivity index (χ3v) is 4.40. The molecule has 4 N–H and O–H groups in total. The first-order valence-corrected chi connectivity index (χ1v) is 9.56. The van der Waals surface area contributed by atoms with Gasteiger partial charge in [-0.15, -0.1) is 0 Å². The van der Waals surface area contributed by atoms with Crippen molar-refractivity contribution in [3.63, 3.8) is 0 Å². The molecule has 7 heteroatoms. The largest absolute Gasteiger partial charge is 0.494 e. The lowest BCUT2D eigenvalue weighted by Gasteiger charge is -2.14. The molecule has 0 unspecified atom stereocenters. The van der Waals surface area contributed by atoms with E-state index in [4.69, 9.17) is 15.6 Å². The highest BCUT2D eigenvalue weighted by Crippen LogP contribution is 2.23. The Balaban J connectivity index is 2.00. The number of ether oxygens (including phenoxy) is 1. The molecule has 1 atom stereocenters. The van der Waals surface area contributed by atoms with Gasteiger partial charge < -0.3 is 20.9 Å². The Hall–Kier alpha value is -3.35. The molecule has 0 aliphatic heterocycles. The van der Waals surface area contributed by atoms with Crippen molar-refractivity contribution in [1.82, 2.24) is 5.32 Å². The van der Waals surface area contributed by atoms with Gasteiger partial charge in [0, 0.05) is 12.0 Å². The normalized spacial score (nSPS) is 11.5. The molecule has 154 valence electrons. The van der Waals surface area contributed by atoms with Crippen LogP contribution >= 0.6 is 0 Å². The Morgan fingerprint density at radius 3 is 2.14 bits per heavy atom. The van der Waals surface area contributed by atoms with E-state index in [1.807, 2.05) is 24.3 Å². The number of carbonyl (C=O) groups is 3. The Kier molecular flexibility index (Phi) is 8.21. The summed E-state index contributed by atoms with van der Waals surface area (Å²) in [5.41, 5.74) is 7.51. The van der Waals surface area contributed by atoms with Crippen LogP contribution in [0.1, 0.15) is 43.0 Å². The quantitative estimate of drug-likeness (QED) is 0.503. The van der Waals surface area contributed by atoms with Gasteiger partial charge >= 0.3 is 5.97 Å². The van der Waals surface area contributed by atoms with Gasteiger partial charge in [0.15, 0.2) is 0 Å². The number of hydrogen-bond acceptors (Lipinski definition) is 4. The molecular formula is C22H26N2O5. The van der Waals surface area contributed by atoms with E-state index in [2.05, 4.69) is 12.2 Å². The second kappa shape index (κ2) is 10.8. The van der Waals surface area contributed by atoms with Crippen LogP contribution in [0.5, 0.6) is 5.75 Å². The predicted octanol–water partition coefficient (Wildman–Crippen LogP) is 2.98. The van der Waals surface area contributed by atoms with E-state index in [9.17, 15) is 14.4 Å². The van der Waals surface area contributed by atoms with Crippen molar-refractivity contribution in [2.75, 3.05) is 6.61 Å². The van der Waals surface area contributed by atoms with Gasteiger partial charge in [-0.05, 0) is 48.2 Å². The average Bonchev–Trinajstić information content (AvgIpc) is 2.71. The molecule has 29 heavy (non-hydrogen) atoms. The third kappa shape index (κ3) is 6.95. The van der Waals surface area contributed by atoms with E-state index in [1.54, 1.807) is 24.3 Å². The van der Waals surface area contributed by atoms with Crippen LogP contribution in [-0.2, 0) is 9.59 Å². The van der Waals surface area contributed by atoms with Crippen molar-refractivity contribution in [1.29, 1.82) is 0 Å². The summed E-state index contributed by atoms with van der Waals surface area (Å²) in [6.45, 7) is 2.80. The van der Waals surface area contributed by atoms with E-state index in [0.29, 0.717) is 12.2 Å². The van der Waals surface area contributed by atoms with Gasteiger partial charge in [0.05, 0.1) is 6.61 Å². The number of aliphatic carboxylic acids is 1. The molecule has 7 nitrogen and oxygen atoms in total. The molecular weight excluding hydrogens is 372 g/mol. The van der Waals surface area contributed by atoms with E-state index in [-0.39, 0.29) is 12.8 Å². The van der Waals surface area contributed by atoms with Crippen LogP contribution in [0.25, 0.3) is 11.1 Å². The van der Waals surface area contributed by atoms with Gasteiger partial charge in [-0.3, -0.25) is 14.4 Å². The van der Waals surface area contributed by atoms with Crippen molar-refractivity contribution >= 4 is 17.8 Å². The van der Waals surface area contributed by atoms with Gasteiger partial charge in [0.2, 0.25) is 5.91 Å². The zero-order valence-electron chi connectivity index (χ0n) is 16.4. The standard InChI is InChI=1S/C22H26N2O5/c1-2-3-14-29-18-10-8-16(9-11-18)15-4-6-17(7-5-15)22(28)24-19(21(23)27)12-13-20(25)26/h4-11,19H,2-3,12-14H2,1H3,(H2,23,27)(H,24,28)(H,25,26)/t19-/m0/s1. The van der Waals surface area contributed by atoms with Crippen LogP contribution in [0.2, 0.25) is 0 Å². The van der Waals surface area contributed by atoms with Crippen molar-refractivity contribution in [2.24, 2.45) is 5.73 Å². The SMILES string of the molecule is CCCCOc1ccc(-c2ccc(C(=O)N[C@@H](CCC(=O)O)C(N)=O)cc2)cc1. The topological polar surface area (TPSA) is 119 Å². The summed E-state index contributed by atoms with van der Waals surface area (Å²) >= 11 is 0. The van der Waals surface area contributed by atoms with E-state index in [0.717, 1.165) is 29.7 Å². The van der Waals surface area contributed by atoms with E-state index >= 15 is 0 Å². The molecule has 0 spiro atoms. The van der Waals surface area contributed by atoms with E-state index in [1.165, 1.54) is 0 Å². The number of primary amides is 1. The van der Waals surface area contributed by atoms with Crippen molar-refractivity contribution < 1.29 is 24.2 Å². The molecule has 2 amide bonds. The first-order valence-electron chi connectivity index (χ1n) is 9.56. The van der Waals surface area contributed by atoms with Crippen LogP contribution in [0.4, 0.5) is 0 Å². The van der Waals surface area contributed by atoms with Crippen LogP contribution in [0.15, 0.2) is 48.5 Å². The summed E-state index contributed by atoms with van der Waals surface area (Å²) in [7, 11) is 0. The highest BCUT2D eigenvalue weighted by atomic mass is 16.5. The van der Waals surface area contributed by atoms with Crippen LogP contribution in [0.3, 0.4) is 0 Å². The minimum absolute atomic E-state index is 0.0544. The van der Waals surface area contributed by atoms with Crippen molar-refractivity contribution in [2.45, 2.75) is 38.6 Å². The number of carboxylic acids is 1. The fourth-order valence-electron chi connectivity index (χ4n) is 2.69. The molecule has 0 fully saturated rings. The number of benzene rings is 2. The van der Waals surface area contributed by atoms with Crippen molar-refractivity contribution in [3.05, 3.63) is 54.1 Å². The average molecular weight is 398 g/mol. The van der Waals surface area contributed by atoms with Crippen LogP contribution < -0.4 is 15.8 Å². The summed E-state index contributed by atoms with van der Waals surface area (Å²) in [4.78, 5) is 34.4. The fraction of sp³-hybridized carbons (Fsp3) is 0.318. The van der Waals surface area contributed by atoms with Crippen LogP contribution in [0, 0.1) is 0 Å². The first-order chi connectivity index (χ1) is 13.9.